The Morgan fingerprint density at radius 2 is 2.21 bits per heavy atom. The molecule has 0 aliphatic carbocycles. The van der Waals surface area contributed by atoms with Gasteiger partial charge in [0, 0.05) is 12.5 Å². The largest absolute Gasteiger partial charge is 0.389 e. The van der Waals surface area contributed by atoms with Crippen LogP contribution in [0.1, 0.15) is 19.3 Å². The summed E-state index contributed by atoms with van der Waals surface area (Å²) in [6.07, 6.45) is -3.42. The van der Waals surface area contributed by atoms with Crippen LogP contribution in [0, 0.1) is 5.92 Å². The Bertz CT molecular complexity index is 166. The van der Waals surface area contributed by atoms with Crippen molar-refractivity contribution >= 4 is 11.8 Å². The molecule has 0 spiro atoms. The molecule has 0 saturated carbocycles. The van der Waals surface area contributed by atoms with Crippen LogP contribution in [0.25, 0.3) is 0 Å². The molecular weight excluding hydrogens is 211 g/mol. The first-order valence-electron chi connectivity index (χ1n) is 4.84. The third kappa shape index (κ3) is 4.09. The summed E-state index contributed by atoms with van der Waals surface area (Å²) in [6.45, 7) is 0. The van der Waals surface area contributed by atoms with E-state index in [1.165, 1.54) is 0 Å². The maximum Gasteiger partial charge on any atom is 0.389 e. The minimum atomic E-state index is -4.01. The van der Waals surface area contributed by atoms with Crippen LogP contribution in [-0.4, -0.2) is 30.8 Å². The molecule has 0 aromatic heterocycles. The van der Waals surface area contributed by atoms with Crippen molar-refractivity contribution < 1.29 is 13.2 Å². The van der Waals surface area contributed by atoms with Gasteiger partial charge >= 0.3 is 6.18 Å². The molecular formula is C9H16F3NS. The number of thioether (sulfide) groups is 1. The molecule has 84 valence electrons. The van der Waals surface area contributed by atoms with Crippen molar-refractivity contribution in [3.05, 3.63) is 0 Å². The lowest BCUT2D eigenvalue weighted by atomic mass is 9.95. The fourth-order valence-electron chi connectivity index (χ4n) is 1.80. The van der Waals surface area contributed by atoms with E-state index in [9.17, 15) is 13.2 Å². The van der Waals surface area contributed by atoms with E-state index in [0.717, 1.165) is 17.9 Å². The Morgan fingerprint density at radius 3 is 2.64 bits per heavy atom. The molecule has 5 heteroatoms. The highest BCUT2D eigenvalue weighted by molar-refractivity contribution is 7.99. The minimum Gasteiger partial charge on any atom is -0.317 e. The highest BCUT2D eigenvalue weighted by Gasteiger charge is 2.31. The van der Waals surface area contributed by atoms with Gasteiger partial charge in [-0.25, -0.2) is 0 Å². The molecule has 1 fully saturated rings. The van der Waals surface area contributed by atoms with Crippen LogP contribution in [0.15, 0.2) is 0 Å². The topological polar surface area (TPSA) is 12.0 Å². The lowest BCUT2D eigenvalue weighted by Gasteiger charge is -2.22. The first-order chi connectivity index (χ1) is 6.53. The fourth-order valence-corrected chi connectivity index (χ4v) is 3.14. The average molecular weight is 227 g/mol. The summed E-state index contributed by atoms with van der Waals surface area (Å²) in [7, 11) is 1.75. The molecule has 1 N–H and O–H groups in total. The molecule has 0 aromatic rings. The molecule has 2 atom stereocenters. The van der Waals surface area contributed by atoms with Gasteiger partial charge in [-0.1, -0.05) is 0 Å². The molecule has 2 unspecified atom stereocenters. The Hall–Kier alpha value is 0.100. The molecule has 14 heavy (non-hydrogen) atoms. The van der Waals surface area contributed by atoms with Gasteiger partial charge in [0.15, 0.2) is 0 Å². The van der Waals surface area contributed by atoms with Gasteiger partial charge in [-0.15, -0.1) is 0 Å². The first kappa shape index (κ1) is 12.2. The lowest BCUT2D eigenvalue weighted by molar-refractivity contribution is -0.137. The summed E-state index contributed by atoms with van der Waals surface area (Å²) in [6, 6.07) is 0.0339. The van der Waals surface area contributed by atoms with Gasteiger partial charge in [0.2, 0.25) is 0 Å². The summed E-state index contributed by atoms with van der Waals surface area (Å²) >= 11 is 1.84. The predicted molar refractivity (Wildman–Crippen MR) is 53.6 cm³/mol. The van der Waals surface area contributed by atoms with E-state index in [1.807, 2.05) is 11.8 Å². The van der Waals surface area contributed by atoms with Crippen LogP contribution in [0.4, 0.5) is 13.2 Å². The van der Waals surface area contributed by atoms with Crippen molar-refractivity contribution in [3.8, 4) is 0 Å². The van der Waals surface area contributed by atoms with Crippen LogP contribution in [0.3, 0.4) is 0 Å². The second-order valence-electron chi connectivity index (χ2n) is 3.67. The number of rotatable bonds is 4. The summed E-state index contributed by atoms with van der Waals surface area (Å²) in [5.74, 6) is 2.52. The molecule has 0 amide bonds. The number of alkyl halides is 3. The number of hydrogen-bond acceptors (Lipinski definition) is 2. The number of halogens is 3. The van der Waals surface area contributed by atoms with Crippen LogP contribution < -0.4 is 5.32 Å². The Morgan fingerprint density at radius 1 is 1.50 bits per heavy atom. The van der Waals surface area contributed by atoms with Crippen molar-refractivity contribution in [3.63, 3.8) is 0 Å². The van der Waals surface area contributed by atoms with Gasteiger partial charge in [-0.3, -0.25) is 0 Å². The van der Waals surface area contributed by atoms with Gasteiger partial charge < -0.3 is 5.32 Å². The van der Waals surface area contributed by atoms with E-state index in [0.29, 0.717) is 5.92 Å². The lowest BCUT2D eigenvalue weighted by Crippen LogP contribution is -2.34. The van der Waals surface area contributed by atoms with Crippen LogP contribution >= 0.6 is 11.8 Å². The normalized spacial score (nSPS) is 25.3. The van der Waals surface area contributed by atoms with Gasteiger partial charge in [-0.05, 0) is 37.3 Å². The summed E-state index contributed by atoms with van der Waals surface area (Å²) in [5.41, 5.74) is 0. The van der Waals surface area contributed by atoms with E-state index >= 15 is 0 Å². The third-order valence-corrected chi connectivity index (χ3v) is 3.83. The van der Waals surface area contributed by atoms with Crippen molar-refractivity contribution in [1.29, 1.82) is 0 Å². The van der Waals surface area contributed by atoms with Crippen molar-refractivity contribution in [2.45, 2.75) is 31.5 Å². The van der Waals surface area contributed by atoms with Crippen LogP contribution in [0.2, 0.25) is 0 Å². The molecule has 1 nitrogen and oxygen atoms in total. The molecule has 0 bridgehead atoms. The van der Waals surface area contributed by atoms with Gasteiger partial charge in [0.1, 0.15) is 0 Å². The summed E-state index contributed by atoms with van der Waals surface area (Å²) in [4.78, 5) is 0. The number of hydrogen-bond donors (Lipinski definition) is 1. The fraction of sp³-hybridized carbons (Fsp3) is 1.00. The van der Waals surface area contributed by atoms with E-state index in [1.54, 1.807) is 7.05 Å². The molecule has 0 radical (unpaired) electrons. The minimum absolute atomic E-state index is 0.0339. The Kier molecular flexibility index (Phi) is 4.57. The second kappa shape index (κ2) is 5.26. The highest BCUT2D eigenvalue weighted by atomic mass is 32.2. The number of nitrogens with one attached hydrogen (secondary N) is 1. The highest BCUT2D eigenvalue weighted by Crippen LogP contribution is 2.30. The van der Waals surface area contributed by atoms with E-state index in [-0.39, 0.29) is 12.5 Å². The molecule has 1 heterocycles. The summed E-state index contributed by atoms with van der Waals surface area (Å²) in [5, 5.41) is 3.00. The maximum atomic E-state index is 12.0. The SMILES string of the molecule is CNC(CCC(F)(F)F)C1CCSC1. The zero-order chi connectivity index (χ0) is 10.6. The van der Waals surface area contributed by atoms with Gasteiger partial charge in [-0.2, -0.15) is 24.9 Å². The Labute approximate surface area is 86.8 Å². The average Bonchev–Trinajstić information content (AvgIpc) is 2.56. The molecule has 1 rings (SSSR count). The molecule has 1 aliphatic rings. The third-order valence-electron chi connectivity index (χ3n) is 2.64. The second-order valence-corrected chi connectivity index (χ2v) is 4.82. The van der Waals surface area contributed by atoms with Crippen molar-refractivity contribution in [2.75, 3.05) is 18.6 Å². The molecule has 1 saturated heterocycles. The maximum absolute atomic E-state index is 12.0. The van der Waals surface area contributed by atoms with Crippen molar-refractivity contribution in [1.82, 2.24) is 5.32 Å². The monoisotopic (exact) mass is 227 g/mol. The Balaban J connectivity index is 2.31. The molecule has 1 aliphatic heterocycles. The summed E-state index contributed by atoms with van der Waals surface area (Å²) < 4.78 is 36.0. The van der Waals surface area contributed by atoms with Crippen molar-refractivity contribution in [2.24, 2.45) is 5.92 Å². The molecule has 0 aromatic carbocycles. The smallest absolute Gasteiger partial charge is 0.317 e. The predicted octanol–water partition coefficient (Wildman–Crippen LogP) is 2.67. The standard InChI is InChI=1S/C9H16F3NS/c1-13-8(2-4-9(10,11)12)7-3-5-14-6-7/h7-8,13H,2-6H2,1H3. The zero-order valence-electron chi connectivity index (χ0n) is 8.23. The quantitative estimate of drug-likeness (QED) is 0.792. The van der Waals surface area contributed by atoms with Gasteiger partial charge in [0.05, 0.1) is 0 Å². The van der Waals surface area contributed by atoms with Crippen LogP contribution in [-0.2, 0) is 0 Å². The van der Waals surface area contributed by atoms with E-state index in [4.69, 9.17) is 0 Å². The van der Waals surface area contributed by atoms with Crippen LogP contribution in [0.5, 0.6) is 0 Å². The van der Waals surface area contributed by atoms with Gasteiger partial charge in [0.25, 0.3) is 0 Å². The van der Waals surface area contributed by atoms with E-state index in [2.05, 4.69) is 5.32 Å². The zero-order valence-corrected chi connectivity index (χ0v) is 9.05. The van der Waals surface area contributed by atoms with E-state index < -0.39 is 12.6 Å². The first-order valence-corrected chi connectivity index (χ1v) is 6.00.